The Labute approximate surface area is 114 Å². The quantitative estimate of drug-likeness (QED) is 0.589. The third-order valence-corrected chi connectivity index (χ3v) is 4.01. The van der Waals surface area contributed by atoms with E-state index in [9.17, 15) is 8.78 Å². The van der Waals surface area contributed by atoms with E-state index in [4.69, 9.17) is 0 Å². The molecule has 3 heteroatoms. The molecule has 0 aliphatic rings. The molecule has 1 aromatic heterocycles. The maximum Gasteiger partial charge on any atom is 0.123 e. The summed E-state index contributed by atoms with van der Waals surface area (Å²) in [5, 5.41) is 0. The van der Waals surface area contributed by atoms with Gasteiger partial charge in [-0.15, -0.1) is 11.3 Å². The van der Waals surface area contributed by atoms with Gasteiger partial charge in [0.1, 0.15) is 11.6 Å². The summed E-state index contributed by atoms with van der Waals surface area (Å²) in [4.78, 5) is 1.94. The number of benzene rings is 2. The molecule has 0 saturated carbocycles. The van der Waals surface area contributed by atoms with Gasteiger partial charge in [0.05, 0.1) is 0 Å². The van der Waals surface area contributed by atoms with Crippen LogP contribution < -0.4 is 0 Å². The zero-order valence-corrected chi connectivity index (χ0v) is 10.8. The van der Waals surface area contributed by atoms with Crippen LogP contribution in [0.3, 0.4) is 0 Å². The van der Waals surface area contributed by atoms with Crippen LogP contribution in [0.4, 0.5) is 8.78 Å². The summed E-state index contributed by atoms with van der Waals surface area (Å²) in [7, 11) is 0. The van der Waals surface area contributed by atoms with Crippen molar-refractivity contribution in [2.24, 2.45) is 0 Å². The van der Waals surface area contributed by atoms with E-state index in [1.54, 1.807) is 12.1 Å². The number of hydrogen-bond acceptors (Lipinski definition) is 1. The summed E-state index contributed by atoms with van der Waals surface area (Å²) in [6.07, 6.45) is 0. The van der Waals surface area contributed by atoms with E-state index >= 15 is 0 Å². The van der Waals surface area contributed by atoms with Gasteiger partial charge >= 0.3 is 0 Å². The predicted octanol–water partition coefficient (Wildman–Crippen LogP) is 5.36. The first kappa shape index (κ1) is 12.1. The van der Waals surface area contributed by atoms with Crippen molar-refractivity contribution < 1.29 is 8.78 Å². The fourth-order valence-corrected chi connectivity index (χ4v) is 2.93. The molecule has 94 valence electrons. The summed E-state index contributed by atoms with van der Waals surface area (Å²) in [6, 6.07) is 16.8. The Bertz CT molecular complexity index is 656. The van der Waals surface area contributed by atoms with Crippen molar-refractivity contribution in [2.75, 3.05) is 0 Å². The molecule has 3 aromatic rings. The Morgan fingerprint density at radius 1 is 0.632 bits per heavy atom. The average Bonchev–Trinajstić information content (AvgIpc) is 2.88. The number of thiophene rings is 1. The number of hydrogen-bond donors (Lipinski definition) is 0. The zero-order valence-electron chi connectivity index (χ0n) is 9.94. The Hall–Kier alpha value is -2.00. The van der Waals surface area contributed by atoms with Crippen molar-refractivity contribution in [2.45, 2.75) is 0 Å². The molecule has 0 spiro atoms. The van der Waals surface area contributed by atoms with Crippen molar-refractivity contribution in [3.63, 3.8) is 0 Å². The highest BCUT2D eigenvalue weighted by molar-refractivity contribution is 7.18. The van der Waals surface area contributed by atoms with Gasteiger partial charge in [-0.05, 0) is 47.5 Å². The highest BCUT2D eigenvalue weighted by Crippen LogP contribution is 2.34. The minimum atomic E-state index is -0.252. The normalized spacial score (nSPS) is 10.6. The van der Waals surface area contributed by atoms with Gasteiger partial charge in [-0.2, -0.15) is 0 Å². The van der Waals surface area contributed by atoms with Crippen LogP contribution in [0.2, 0.25) is 0 Å². The topological polar surface area (TPSA) is 0 Å². The van der Waals surface area contributed by atoms with E-state index in [0.717, 1.165) is 20.9 Å². The minimum Gasteiger partial charge on any atom is -0.207 e. The lowest BCUT2D eigenvalue weighted by Crippen LogP contribution is -1.75. The first-order valence-corrected chi connectivity index (χ1v) is 6.66. The van der Waals surface area contributed by atoms with Crippen LogP contribution in [0.5, 0.6) is 0 Å². The van der Waals surface area contributed by atoms with Gasteiger partial charge in [0.2, 0.25) is 0 Å². The van der Waals surface area contributed by atoms with Crippen LogP contribution >= 0.6 is 11.3 Å². The van der Waals surface area contributed by atoms with Crippen molar-refractivity contribution in [3.05, 3.63) is 72.3 Å². The SMILES string of the molecule is Fc1cccc(-c2ccc(-c3cccc(F)c3)s2)c1. The molecule has 0 aliphatic heterocycles. The van der Waals surface area contributed by atoms with Gasteiger partial charge in [-0.3, -0.25) is 0 Å². The van der Waals surface area contributed by atoms with Crippen LogP contribution in [0.25, 0.3) is 20.9 Å². The maximum atomic E-state index is 13.2. The monoisotopic (exact) mass is 272 g/mol. The van der Waals surface area contributed by atoms with Gasteiger partial charge in [0.25, 0.3) is 0 Å². The van der Waals surface area contributed by atoms with Crippen LogP contribution in [0, 0.1) is 11.6 Å². The van der Waals surface area contributed by atoms with Gasteiger partial charge in [-0.25, -0.2) is 8.78 Å². The van der Waals surface area contributed by atoms with E-state index in [-0.39, 0.29) is 11.6 Å². The van der Waals surface area contributed by atoms with Crippen molar-refractivity contribution in [1.29, 1.82) is 0 Å². The fraction of sp³-hybridized carbons (Fsp3) is 0. The standard InChI is InChI=1S/C16H10F2S/c17-13-5-1-3-11(9-13)15-7-8-16(19-15)12-4-2-6-14(18)10-12/h1-10H. The summed E-state index contributed by atoms with van der Waals surface area (Å²) >= 11 is 1.52. The highest BCUT2D eigenvalue weighted by Gasteiger charge is 2.06. The van der Waals surface area contributed by atoms with Gasteiger partial charge in [0, 0.05) is 9.75 Å². The zero-order chi connectivity index (χ0) is 13.2. The molecule has 3 rings (SSSR count). The second-order valence-corrected chi connectivity index (χ2v) is 5.27. The Balaban J connectivity index is 2.00. The van der Waals surface area contributed by atoms with E-state index in [1.807, 2.05) is 24.3 Å². The lowest BCUT2D eigenvalue weighted by Gasteiger charge is -1.98. The molecule has 0 radical (unpaired) electrons. The third-order valence-electron chi connectivity index (χ3n) is 2.82. The molecule has 0 bridgehead atoms. The van der Waals surface area contributed by atoms with Crippen LogP contribution in [0.15, 0.2) is 60.7 Å². The largest absolute Gasteiger partial charge is 0.207 e. The lowest BCUT2D eigenvalue weighted by molar-refractivity contribution is 0.628. The molecule has 0 atom stereocenters. The van der Waals surface area contributed by atoms with Gasteiger partial charge < -0.3 is 0 Å². The third kappa shape index (κ3) is 2.56. The smallest absolute Gasteiger partial charge is 0.123 e. The molecular weight excluding hydrogens is 262 g/mol. The second-order valence-electron chi connectivity index (χ2n) is 4.18. The molecule has 0 unspecified atom stereocenters. The predicted molar refractivity (Wildman–Crippen MR) is 75.1 cm³/mol. The Morgan fingerprint density at radius 3 is 1.53 bits per heavy atom. The first-order valence-electron chi connectivity index (χ1n) is 5.84. The fourth-order valence-electron chi connectivity index (χ4n) is 1.93. The molecule has 1 heterocycles. The molecule has 2 aromatic carbocycles. The minimum absolute atomic E-state index is 0.252. The summed E-state index contributed by atoms with van der Waals surface area (Å²) in [6.45, 7) is 0. The molecule has 0 fully saturated rings. The first-order chi connectivity index (χ1) is 9.22. The van der Waals surface area contributed by atoms with Crippen LogP contribution in [-0.4, -0.2) is 0 Å². The number of rotatable bonds is 2. The van der Waals surface area contributed by atoms with Crippen molar-refractivity contribution >= 4 is 11.3 Å². The molecule has 0 N–H and O–H groups in total. The van der Waals surface area contributed by atoms with E-state index in [1.165, 1.54) is 35.6 Å². The Morgan fingerprint density at radius 2 is 1.11 bits per heavy atom. The van der Waals surface area contributed by atoms with E-state index in [2.05, 4.69) is 0 Å². The molecular formula is C16H10F2S. The molecule has 19 heavy (non-hydrogen) atoms. The summed E-state index contributed by atoms with van der Waals surface area (Å²) < 4.78 is 26.4. The second kappa shape index (κ2) is 4.94. The Kier molecular flexibility index (Phi) is 3.13. The molecule has 0 aliphatic carbocycles. The maximum absolute atomic E-state index is 13.2. The van der Waals surface area contributed by atoms with E-state index in [0.29, 0.717) is 0 Å². The number of halogens is 2. The van der Waals surface area contributed by atoms with Crippen LogP contribution in [-0.2, 0) is 0 Å². The van der Waals surface area contributed by atoms with Gasteiger partial charge in [0.15, 0.2) is 0 Å². The highest BCUT2D eigenvalue weighted by atomic mass is 32.1. The molecule has 0 nitrogen and oxygen atoms in total. The summed E-state index contributed by atoms with van der Waals surface area (Å²) in [5.74, 6) is -0.503. The van der Waals surface area contributed by atoms with E-state index < -0.39 is 0 Å². The van der Waals surface area contributed by atoms with Crippen molar-refractivity contribution in [3.8, 4) is 20.9 Å². The van der Waals surface area contributed by atoms with Crippen LogP contribution in [0.1, 0.15) is 0 Å². The van der Waals surface area contributed by atoms with Crippen molar-refractivity contribution in [1.82, 2.24) is 0 Å². The summed E-state index contributed by atoms with van der Waals surface area (Å²) in [5.41, 5.74) is 1.68. The average molecular weight is 272 g/mol. The molecule has 0 saturated heterocycles. The molecule has 0 amide bonds. The van der Waals surface area contributed by atoms with Gasteiger partial charge in [-0.1, -0.05) is 24.3 Å². The lowest BCUT2D eigenvalue weighted by atomic mass is 10.1.